The van der Waals surface area contributed by atoms with E-state index in [9.17, 15) is 0 Å². The van der Waals surface area contributed by atoms with Gasteiger partial charge in [-0.2, -0.15) is 0 Å². The molecule has 0 aliphatic carbocycles. The summed E-state index contributed by atoms with van der Waals surface area (Å²) in [7, 11) is 0. The van der Waals surface area contributed by atoms with Gasteiger partial charge in [-0.15, -0.1) is 11.3 Å². The van der Waals surface area contributed by atoms with Crippen LogP contribution in [0.3, 0.4) is 0 Å². The van der Waals surface area contributed by atoms with Crippen LogP contribution >= 0.6 is 11.3 Å². The van der Waals surface area contributed by atoms with Crippen molar-refractivity contribution in [3.8, 4) is 5.75 Å². The molecule has 0 saturated carbocycles. The molecule has 3 rings (SSSR count). The molecule has 3 heteroatoms. The van der Waals surface area contributed by atoms with E-state index in [2.05, 4.69) is 32.0 Å². The number of hydrogen-bond acceptors (Lipinski definition) is 3. The van der Waals surface area contributed by atoms with E-state index in [1.54, 1.807) is 11.3 Å². The lowest BCUT2D eigenvalue weighted by Crippen LogP contribution is -2.10. The van der Waals surface area contributed by atoms with Gasteiger partial charge in [0.15, 0.2) is 0 Å². The highest BCUT2D eigenvalue weighted by Gasteiger charge is 2.17. The Balaban J connectivity index is 1.94. The van der Waals surface area contributed by atoms with Gasteiger partial charge in [0.25, 0.3) is 0 Å². The largest absolute Gasteiger partial charge is 0.493 e. The summed E-state index contributed by atoms with van der Waals surface area (Å²) in [5.41, 5.74) is 10.2. The van der Waals surface area contributed by atoms with Crippen LogP contribution in [0.25, 0.3) is 0 Å². The third kappa shape index (κ3) is 1.93. The molecule has 1 aliphatic rings. The van der Waals surface area contributed by atoms with Crippen LogP contribution in [0.4, 0.5) is 0 Å². The first kappa shape index (κ1) is 11.8. The number of fused-ring (bicyclic) bond motifs is 1. The number of benzene rings is 1. The lowest BCUT2D eigenvalue weighted by molar-refractivity contribution is 0.357. The molecule has 1 aromatic carbocycles. The molecular weight excluding hydrogens is 242 g/mol. The van der Waals surface area contributed by atoms with Crippen LogP contribution in [0, 0.1) is 13.8 Å². The Morgan fingerprint density at radius 2 is 2.11 bits per heavy atom. The Morgan fingerprint density at radius 1 is 1.28 bits per heavy atom. The third-order valence-corrected chi connectivity index (χ3v) is 4.80. The number of nitrogens with two attached hydrogens (primary N) is 1. The summed E-state index contributed by atoms with van der Waals surface area (Å²) in [5, 5.41) is 0. The second-order valence-corrected chi connectivity index (χ2v) is 6.12. The van der Waals surface area contributed by atoms with Crippen LogP contribution in [0.1, 0.15) is 32.5 Å². The summed E-state index contributed by atoms with van der Waals surface area (Å²) in [6, 6.07) is 8.50. The molecule has 2 N–H and O–H groups in total. The van der Waals surface area contributed by atoms with E-state index in [0.717, 1.165) is 18.8 Å². The van der Waals surface area contributed by atoms with Crippen LogP contribution < -0.4 is 10.5 Å². The number of hydrogen-bond donors (Lipinski definition) is 1. The lowest BCUT2D eigenvalue weighted by atomic mass is 10.0. The smallest absolute Gasteiger partial charge is 0.122 e. The molecule has 1 atom stereocenters. The van der Waals surface area contributed by atoms with Crippen molar-refractivity contribution in [1.82, 2.24) is 0 Å². The fourth-order valence-electron chi connectivity index (χ4n) is 2.32. The zero-order valence-corrected chi connectivity index (χ0v) is 11.5. The average Bonchev–Trinajstić information content (AvgIpc) is 2.95. The van der Waals surface area contributed by atoms with Crippen molar-refractivity contribution in [2.24, 2.45) is 5.73 Å². The summed E-state index contributed by atoms with van der Waals surface area (Å²) in [4.78, 5) is 2.59. The maximum atomic E-state index is 6.36. The molecule has 2 heterocycles. The van der Waals surface area contributed by atoms with Gasteiger partial charge < -0.3 is 10.5 Å². The molecule has 2 aromatic rings. The second-order valence-electron chi connectivity index (χ2n) is 4.83. The first-order chi connectivity index (χ1) is 8.65. The maximum absolute atomic E-state index is 6.36. The normalized spacial score (nSPS) is 15.3. The summed E-state index contributed by atoms with van der Waals surface area (Å²) in [5.74, 6) is 1.02. The highest BCUT2D eigenvalue weighted by atomic mass is 32.1. The van der Waals surface area contributed by atoms with Gasteiger partial charge in [0.2, 0.25) is 0 Å². The van der Waals surface area contributed by atoms with Crippen molar-refractivity contribution in [3.05, 3.63) is 50.7 Å². The maximum Gasteiger partial charge on any atom is 0.122 e. The van der Waals surface area contributed by atoms with Gasteiger partial charge in [-0.05, 0) is 42.7 Å². The molecule has 0 saturated heterocycles. The van der Waals surface area contributed by atoms with Crippen molar-refractivity contribution in [3.63, 3.8) is 0 Å². The molecule has 94 valence electrons. The molecule has 1 aromatic heterocycles. The third-order valence-electron chi connectivity index (χ3n) is 3.56. The van der Waals surface area contributed by atoms with Crippen molar-refractivity contribution in [2.75, 3.05) is 6.61 Å². The lowest BCUT2D eigenvalue weighted by Gasteiger charge is -2.11. The molecule has 2 nitrogen and oxygen atoms in total. The van der Waals surface area contributed by atoms with Gasteiger partial charge in [0.05, 0.1) is 12.6 Å². The van der Waals surface area contributed by atoms with E-state index in [-0.39, 0.29) is 6.04 Å². The predicted molar refractivity (Wildman–Crippen MR) is 75.5 cm³/mol. The minimum Gasteiger partial charge on any atom is -0.493 e. The first-order valence-corrected chi connectivity index (χ1v) is 7.05. The van der Waals surface area contributed by atoms with Gasteiger partial charge in [-0.3, -0.25) is 0 Å². The summed E-state index contributed by atoms with van der Waals surface area (Å²) < 4.78 is 5.52. The Labute approximate surface area is 111 Å². The second kappa shape index (κ2) is 4.41. The monoisotopic (exact) mass is 259 g/mol. The van der Waals surface area contributed by atoms with E-state index in [4.69, 9.17) is 10.5 Å². The Kier molecular flexibility index (Phi) is 2.88. The molecule has 0 fully saturated rings. The summed E-state index contributed by atoms with van der Waals surface area (Å²) >= 11 is 1.79. The van der Waals surface area contributed by atoms with E-state index in [0.29, 0.717) is 0 Å². The van der Waals surface area contributed by atoms with Gasteiger partial charge in [0.1, 0.15) is 5.75 Å². The fraction of sp³-hybridized carbons (Fsp3) is 0.333. The van der Waals surface area contributed by atoms with Crippen LogP contribution in [0.5, 0.6) is 5.75 Å². The fourth-order valence-corrected chi connectivity index (χ4v) is 3.39. The van der Waals surface area contributed by atoms with Crippen molar-refractivity contribution in [1.29, 1.82) is 0 Å². The standard InChI is InChI=1S/C15H17NOS/c1-9-7-14(18-10(9)2)15(16)12-3-4-13-11(8-12)5-6-17-13/h3-4,7-8,15H,5-6,16H2,1-2H3. The van der Waals surface area contributed by atoms with Crippen LogP contribution in [-0.4, -0.2) is 6.61 Å². The highest BCUT2D eigenvalue weighted by molar-refractivity contribution is 7.12. The number of rotatable bonds is 2. The van der Waals surface area contributed by atoms with E-state index >= 15 is 0 Å². The molecule has 0 spiro atoms. The molecule has 1 aliphatic heterocycles. The van der Waals surface area contributed by atoms with Crippen LogP contribution in [0.15, 0.2) is 24.3 Å². The average molecular weight is 259 g/mol. The van der Waals surface area contributed by atoms with Crippen LogP contribution in [-0.2, 0) is 6.42 Å². The topological polar surface area (TPSA) is 35.2 Å². The zero-order chi connectivity index (χ0) is 12.7. The Morgan fingerprint density at radius 3 is 2.83 bits per heavy atom. The number of ether oxygens (including phenoxy) is 1. The van der Waals surface area contributed by atoms with Gasteiger partial charge in [-0.25, -0.2) is 0 Å². The van der Waals surface area contributed by atoms with E-state index in [1.165, 1.54) is 26.4 Å². The Bertz CT molecular complexity index is 569. The Hall–Kier alpha value is -1.32. The number of aryl methyl sites for hydroxylation is 2. The quantitative estimate of drug-likeness (QED) is 0.897. The van der Waals surface area contributed by atoms with E-state index in [1.807, 2.05) is 6.07 Å². The van der Waals surface area contributed by atoms with Gasteiger partial charge in [-0.1, -0.05) is 12.1 Å². The minimum absolute atomic E-state index is 0.0201. The summed E-state index contributed by atoms with van der Waals surface area (Å²) in [6.45, 7) is 5.08. The predicted octanol–water partition coefficient (Wildman–Crippen LogP) is 3.35. The molecule has 0 amide bonds. The number of thiophene rings is 1. The van der Waals surface area contributed by atoms with Crippen molar-refractivity contribution in [2.45, 2.75) is 26.3 Å². The minimum atomic E-state index is -0.0201. The van der Waals surface area contributed by atoms with Crippen LogP contribution in [0.2, 0.25) is 0 Å². The molecule has 1 unspecified atom stereocenters. The first-order valence-electron chi connectivity index (χ1n) is 6.23. The molecule has 18 heavy (non-hydrogen) atoms. The highest BCUT2D eigenvalue weighted by Crippen LogP contribution is 2.32. The summed E-state index contributed by atoms with van der Waals surface area (Å²) in [6.07, 6.45) is 0.998. The van der Waals surface area contributed by atoms with E-state index < -0.39 is 0 Å². The van der Waals surface area contributed by atoms with Gasteiger partial charge in [0, 0.05) is 16.2 Å². The van der Waals surface area contributed by atoms with Gasteiger partial charge >= 0.3 is 0 Å². The molecule has 0 bridgehead atoms. The molecule has 0 radical (unpaired) electrons. The van der Waals surface area contributed by atoms with Crippen molar-refractivity contribution < 1.29 is 4.74 Å². The zero-order valence-electron chi connectivity index (χ0n) is 10.7. The van der Waals surface area contributed by atoms with Crippen molar-refractivity contribution >= 4 is 11.3 Å². The molecular formula is C15H17NOS. The SMILES string of the molecule is Cc1cc(C(N)c2ccc3c(c2)CCO3)sc1C.